The Morgan fingerprint density at radius 1 is 1.31 bits per heavy atom. The summed E-state index contributed by atoms with van der Waals surface area (Å²) in [5, 5.41) is 21.7. The van der Waals surface area contributed by atoms with Crippen LogP contribution in [-0.4, -0.2) is 33.3 Å². The number of ether oxygens (including phenoxy) is 1. The van der Waals surface area contributed by atoms with Crippen molar-refractivity contribution >= 4 is 18.4 Å². The molecule has 0 radical (unpaired) electrons. The average molecular weight is 366 g/mol. The number of phenols is 1. The molecule has 132 valence electrons. The SMILES string of the molecule is C=CCc1cccc(C=Nn2c(-c3ccc(OC)cc3)n[nH]c2=S)c1O. The molecule has 2 N–H and O–H groups in total. The lowest BCUT2D eigenvalue weighted by atomic mass is 10.1. The number of aromatic amines is 1. The first-order valence-corrected chi connectivity index (χ1v) is 8.33. The van der Waals surface area contributed by atoms with E-state index < -0.39 is 0 Å². The highest BCUT2D eigenvalue weighted by Crippen LogP contribution is 2.23. The van der Waals surface area contributed by atoms with Crippen LogP contribution >= 0.6 is 12.2 Å². The predicted molar refractivity (Wildman–Crippen MR) is 104 cm³/mol. The molecule has 0 spiro atoms. The minimum atomic E-state index is 0.178. The first-order chi connectivity index (χ1) is 12.6. The molecule has 26 heavy (non-hydrogen) atoms. The van der Waals surface area contributed by atoms with Gasteiger partial charge in [0.1, 0.15) is 11.5 Å². The summed E-state index contributed by atoms with van der Waals surface area (Å²) in [5.41, 5.74) is 2.21. The number of benzene rings is 2. The van der Waals surface area contributed by atoms with Crippen molar-refractivity contribution in [2.24, 2.45) is 5.10 Å². The highest BCUT2D eigenvalue weighted by molar-refractivity contribution is 7.71. The lowest BCUT2D eigenvalue weighted by Crippen LogP contribution is -1.96. The number of H-pyrrole nitrogens is 1. The van der Waals surface area contributed by atoms with Crippen LogP contribution in [0.2, 0.25) is 0 Å². The molecule has 3 rings (SSSR count). The topological polar surface area (TPSA) is 75.4 Å². The van der Waals surface area contributed by atoms with Crippen molar-refractivity contribution in [3.63, 3.8) is 0 Å². The summed E-state index contributed by atoms with van der Waals surface area (Å²) in [6, 6.07) is 12.9. The van der Waals surface area contributed by atoms with Crippen molar-refractivity contribution in [3.05, 3.63) is 71.0 Å². The zero-order chi connectivity index (χ0) is 18.5. The van der Waals surface area contributed by atoms with E-state index in [0.717, 1.165) is 16.9 Å². The lowest BCUT2D eigenvalue weighted by molar-refractivity contribution is 0.415. The molecule has 3 aromatic rings. The molecule has 1 heterocycles. The molecular weight excluding hydrogens is 348 g/mol. The molecule has 0 fully saturated rings. The van der Waals surface area contributed by atoms with Gasteiger partial charge < -0.3 is 9.84 Å². The van der Waals surface area contributed by atoms with Crippen LogP contribution < -0.4 is 4.74 Å². The highest BCUT2D eigenvalue weighted by atomic mass is 32.1. The molecule has 7 heteroatoms. The number of hydrogen-bond acceptors (Lipinski definition) is 5. The third-order valence-corrected chi connectivity index (χ3v) is 4.09. The van der Waals surface area contributed by atoms with Crippen molar-refractivity contribution in [3.8, 4) is 22.9 Å². The molecule has 0 aliphatic carbocycles. The number of methoxy groups -OCH3 is 1. The van der Waals surface area contributed by atoms with Gasteiger partial charge in [-0.3, -0.25) is 0 Å². The summed E-state index contributed by atoms with van der Waals surface area (Å²) in [6.07, 6.45) is 3.87. The quantitative estimate of drug-likeness (QED) is 0.394. The van der Waals surface area contributed by atoms with Crippen LogP contribution in [0.5, 0.6) is 11.5 Å². The summed E-state index contributed by atoms with van der Waals surface area (Å²) in [4.78, 5) is 0. The van der Waals surface area contributed by atoms with Crippen molar-refractivity contribution in [2.75, 3.05) is 7.11 Å². The predicted octanol–water partition coefficient (Wildman–Crippen LogP) is 3.93. The Kier molecular flexibility index (Phi) is 5.28. The second kappa shape index (κ2) is 7.79. The van der Waals surface area contributed by atoms with Gasteiger partial charge in [-0.1, -0.05) is 18.2 Å². The van der Waals surface area contributed by atoms with Crippen LogP contribution in [0.3, 0.4) is 0 Å². The summed E-state index contributed by atoms with van der Waals surface area (Å²) in [7, 11) is 1.61. The van der Waals surface area contributed by atoms with Gasteiger partial charge in [0.05, 0.1) is 13.3 Å². The number of nitrogens with one attached hydrogen (secondary N) is 1. The summed E-state index contributed by atoms with van der Waals surface area (Å²) < 4.78 is 7.04. The van der Waals surface area contributed by atoms with E-state index in [-0.39, 0.29) is 5.75 Å². The van der Waals surface area contributed by atoms with E-state index in [2.05, 4.69) is 21.9 Å². The smallest absolute Gasteiger partial charge is 0.216 e. The van der Waals surface area contributed by atoms with E-state index in [9.17, 15) is 5.11 Å². The Hall–Kier alpha value is -3.19. The fourth-order valence-electron chi connectivity index (χ4n) is 2.48. The normalized spacial score (nSPS) is 11.0. The van der Waals surface area contributed by atoms with Crippen molar-refractivity contribution < 1.29 is 9.84 Å². The van der Waals surface area contributed by atoms with Crippen LogP contribution in [0.1, 0.15) is 11.1 Å². The Morgan fingerprint density at radius 3 is 2.77 bits per heavy atom. The van der Waals surface area contributed by atoms with E-state index in [4.69, 9.17) is 17.0 Å². The first kappa shape index (κ1) is 17.6. The zero-order valence-electron chi connectivity index (χ0n) is 14.2. The molecule has 0 atom stereocenters. The molecule has 2 aromatic carbocycles. The fourth-order valence-corrected chi connectivity index (χ4v) is 2.66. The van der Waals surface area contributed by atoms with E-state index >= 15 is 0 Å². The van der Waals surface area contributed by atoms with Crippen LogP contribution in [-0.2, 0) is 6.42 Å². The number of hydrogen-bond donors (Lipinski definition) is 2. The van der Waals surface area contributed by atoms with Crippen LogP contribution in [0, 0.1) is 4.77 Å². The first-order valence-electron chi connectivity index (χ1n) is 7.92. The van der Waals surface area contributed by atoms with Gasteiger partial charge in [-0.25, -0.2) is 5.10 Å². The van der Waals surface area contributed by atoms with Gasteiger partial charge in [0.15, 0.2) is 5.82 Å². The second-order valence-corrected chi connectivity index (χ2v) is 5.87. The van der Waals surface area contributed by atoms with Crippen LogP contribution in [0.15, 0.2) is 60.2 Å². The number of aromatic hydroxyl groups is 1. The van der Waals surface area contributed by atoms with Crippen molar-refractivity contribution in [1.82, 2.24) is 14.9 Å². The van der Waals surface area contributed by atoms with Gasteiger partial charge >= 0.3 is 0 Å². The molecule has 0 bridgehead atoms. The minimum Gasteiger partial charge on any atom is -0.507 e. The van der Waals surface area contributed by atoms with Gasteiger partial charge in [-0.05, 0) is 54.5 Å². The summed E-state index contributed by atoms with van der Waals surface area (Å²) in [5.74, 6) is 1.50. The molecule has 1 aromatic heterocycles. The van der Waals surface area contributed by atoms with Gasteiger partial charge in [0.25, 0.3) is 0 Å². The Labute approximate surface area is 156 Å². The molecule has 0 unspecified atom stereocenters. The minimum absolute atomic E-state index is 0.178. The second-order valence-electron chi connectivity index (χ2n) is 5.49. The summed E-state index contributed by atoms with van der Waals surface area (Å²) in [6.45, 7) is 3.70. The van der Waals surface area contributed by atoms with E-state index in [1.165, 1.54) is 4.68 Å². The highest BCUT2D eigenvalue weighted by Gasteiger charge is 2.09. The number of aromatic nitrogens is 3. The van der Waals surface area contributed by atoms with Gasteiger partial charge in [-0.15, -0.1) is 6.58 Å². The Morgan fingerprint density at radius 2 is 2.08 bits per heavy atom. The zero-order valence-corrected chi connectivity index (χ0v) is 15.0. The molecule has 0 aliphatic rings. The Bertz CT molecular complexity index is 1000. The van der Waals surface area contributed by atoms with Gasteiger partial charge in [0, 0.05) is 11.1 Å². The van der Waals surface area contributed by atoms with E-state index in [0.29, 0.717) is 22.6 Å². The van der Waals surface area contributed by atoms with Crippen molar-refractivity contribution in [1.29, 1.82) is 0 Å². The molecular formula is C19H18N4O2S. The molecule has 0 saturated carbocycles. The average Bonchev–Trinajstić information content (AvgIpc) is 3.03. The largest absolute Gasteiger partial charge is 0.507 e. The monoisotopic (exact) mass is 366 g/mol. The molecule has 6 nitrogen and oxygen atoms in total. The van der Waals surface area contributed by atoms with Crippen molar-refractivity contribution in [2.45, 2.75) is 6.42 Å². The standard InChI is InChI=1S/C19H18N4O2S/c1-3-5-13-6-4-7-15(17(13)24)12-20-23-18(21-22-19(23)26)14-8-10-16(25-2)11-9-14/h3-4,6-12,24H,1,5H2,2H3,(H,22,26). The van der Waals surface area contributed by atoms with Gasteiger partial charge in [0.2, 0.25) is 4.77 Å². The fraction of sp³-hybridized carbons (Fsp3) is 0.105. The van der Waals surface area contributed by atoms with E-state index in [1.807, 2.05) is 36.4 Å². The number of allylic oxidation sites excluding steroid dienone is 1. The lowest BCUT2D eigenvalue weighted by Gasteiger charge is -2.05. The number of para-hydroxylation sites is 1. The van der Waals surface area contributed by atoms with Gasteiger partial charge in [-0.2, -0.15) is 14.9 Å². The van der Waals surface area contributed by atoms with E-state index in [1.54, 1.807) is 25.5 Å². The molecule has 0 aliphatic heterocycles. The summed E-state index contributed by atoms with van der Waals surface area (Å²) >= 11 is 5.27. The van der Waals surface area contributed by atoms with Crippen LogP contribution in [0.4, 0.5) is 0 Å². The molecule has 0 amide bonds. The third kappa shape index (κ3) is 3.57. The van der Waals surface area contributed by atoms with Crippen LogP contribution in [0.25, 0.3) is 11.4 Å². The maximum absolute atomic E-state index is 10.4. The number of phenolic OH excluding ortho intramolecular Hbond substituents is 1. The third-order valence-electron chi connectivity index (χ3n) is 3.83. The maximum atomic E-state index is 10.4. The Balaban J connectivity index is 1.97. The number of nitrogens with zero attached hydrogens (tertiary/aromatic N) is 3. The number of rotatable bonds is 6. The maximum Gasteiger partial charge on any atom is 0.216 e. The molecule has 0 saturated heterocycles.